The van der Waals surface area contributed by atoms with Gasteiger partial charge in [-0.05, 0) is 31.5 Å². The second-order valence-electron chi connectivity index (χ2n) is 3.33. The molecule has 0 aromatic carbocycles. The minimum Gasteiger partial charge on any atom is -0.382 e. The normalized spacial score (nSPS) is 10.4. The van der Waals surface area contributed by atoms with Crippen LogP contribution in [0.4, 0.5) is 5.82 Å². The van der Waals surface area contributed by atoms with Crippen LogP contribution in [0.15, 0.2) is 24.5 Å². The fourth-order valence-electron chi connectivity index (χ4n) is 1.24. The first-order valence-corrected chi connectivity index (χ1v) is 4.41. The molecule has 4 nitrogen and oxygen atoms in total. The number of hydrogen-bond acceptors (Lipinski definition) is 3. The van der Waals surface area contributed by atoms with Crippen molar-refractivity contribution < 1.29 is 0 Å². The summed E-state index contributed by atoms with van der Waals surface area (Å²) in [5.41, 5.74) is 7.78. The van der Waals surface area contributed by atoms with Crippen LogP contribution in [0.2, 0.25) is 0 Å². The molecule has 2 aromatic rings. The van der Waals surface area contributed by atoms with E-state index in [9.17, 15) is 0 Å². The monoisotopic (exact) mass is 188 g/mol. The lowest BCUT2D eigenvalue weighted by Gasteiger charge is -1.99. The summed E-state index contributed by atoms with van der Waals surface area (Å²) in [4.78, 5) is 4.21. The zero-order valence-electron chi connectivity index (χ0n) is 8.23. The molecular weight excluding hydrogens is 176 g/mol. The lowest BCUT2D eigenvalue weighted by molar-refractivity contribution is 0.849. The molecule has 2 N–H and O–H groups in total. The number of aryl methyl sites for hydroxylation is 2. The van der Waals surface area contributed by atoms with E-state index < -0.39 is 0 Å². The van der Waals surface area contributed by atoms with Crippen LogP contribution in [-0.2, 0) is 0 Å². The molecule has 2 rings (SSSR count). The number of rotatable bonds is 1. The Bertz CT molecular complexity index is 439. The first kappa shape index (κ1) is 8.74. The molecule has 0 bridgehead atoms. The SMILES string of the molecule is Cc1ccnc(-n2cc(C)c(N)n2)c1. The Labute approximate surface area is 82.4 Å². The molecular formula is C10H12N4. The summed E-state index contributed by atoms with van der Waals surface area (Å²) in [5, 5.41) is 4.15. The predicted octanol–water partition coefficient (Wildman–Crippen LogP) is 1.47. The van der Waals surface area contributed by atoms with Gasteiger partial charge < -0.3 is 5.73 Å². The Morgan fingerprint density at radius 1 is 1.36 bits per heavy atom. The van der Waals surface area contributed by atoms with Crippen LogP contribution in [0.3, 0.4) is 0 Å². The van der Waals surface area contributed by atoms with Gasteiger partial charge in [0.05, 0.1) is 0 Å². The lowest BCUT2D eigenvalue weighted by atomic mass is 10.3. The largest absolute Gasteiger partial charge is 0.382 e. The molecule has 2 heterocycles. The Hall–Kier alpha value is -1.84. The number of aromatic nitrogens is 3. The number of pyridine rings is 1. The quantitative estimate of drug-likeness (QED) is 0.737. The van der Waals surface area contributed by atoms with E-state index in [4.69, 9.17) is 5.73 Å². The zero-order valence-corrected chi connectivity index (χ0v) is 8.23. The van der Waals surface area contributed by atoms with Gasteiger partial charge in [0.2, 0.25) is 0 Å². The second kappa shape index (κ2) is 3.14. The zero-order chi connectivity index (χ0) is 10.1. The summed E-state index contributed by atoms with van der Waals surface area (Å²) in [7, 11) is 0. The Morgan fingerprint density at radius 3 is 2.71 bits per heavy atom. The molecule has 14 heavy (non-hydrogen) atoms. The van der Waals surface area contributed by atoms with Crippen LogP contribution in [0, 0.1) is 13.8 Å². The van der Waals surface area contributed by atoms with Gasteiger partial charge in [-0.15, -0.1) is 5.10 Å². The number of nitrogens with zero attached hydrogens (tertiary/aromatic N) is 3. The molecule has 72 valence electrons. The van der Waals surface area contributed by atoms with Crippen molar-refractivity contribution in [3.8, 4) is 5.82 Å². The van der Waals surface area contributed by atoms with Gasteiger partial charge >= 0.3 is 0 Å². The fourth-order valence-corrected chi connectivity index (χ4v) is 1.24. The molecule has 0 saturated carbocycles. The van der Waals surface area contributed by atoms with Crippen molar-refractivity contribution in [1.29, 1.82) is 0 Å². The summed E-state index contributed by atoms with van der Waals surface area (Å²) in [5.74, 6) is 1.35. The van der Waals surface area contributed by atoms with Gasteiger partial charge in [0.15, 0.2) is 5.82 Å². The first-order valence-electron chi connectivity index (χ1n) is 4.41. The molecule has 0 fully saturated rings. The van der Waals surface area contributed by atoms with Crippen molar-refractivity contribution in [2.45, 2.75) is 13.8 Å². The van der Waals surface area contributed by atoms with Crippen molar-refractivity contribution in [2.24, 2.45) is 0 Å². The molecule has 0 spiro atoms. The van der Waals surface area contributed by atoms with Crippen molar-refractivity contribution in [2.75, 3.05) is 5.73 Å². The maximum Gasteiger partial charge on any atom is 0.153 e. The highest BCUT2D eigenvalue weighted by molar-refractivity contribution is 5.39. The average molecular weight is 188 g/mol. The number of nitrogen functional groups attached to an aromatic ring is 1. The lowest BCUT2D eigenvalue weighted by Crippen LogP contribution is -1.98. The van der Waals surface area contributed by atoms with E-state index >= 15 is 0 Å². The van der Waals surface area contributed by atoms with E-state index in [2.05, 4.69) is 10.1 Å². The van der Waals surface area contributed by atoms with Crippen LogP contribution in [0.25, 0.3) is 5.82 Å². The Morgan fingerprint density at radius 2 is 2.14 bits per heavy atom. The van der Waals surface area contributed by atoms with Gasteiger partial charge in [0, 0.05) is 18.0 Å². The van der Waals surface area contributed by atoms with Crippen LogP contribution in [-0.4, -0.2) is 14.8 Å². The molecule has 0 saturated heterocycles. The van der Waals surface area contributed by atoms with Crippen molar-refractivity contribution >= 4 is 5.82 Å². The van der Waals surface area contributed by atoms with Gasteiger partial charge in [0.1, 0.15) is 5.82 Å². The minimum absolute atomic E-state index is 0.549. The van der Waals surface area contributed by atoms with Gasteiger partial charge in [-0.25, -0.2) is 9.67 Å². The molecule has 4 heteroatoms. The topological polar surface area (TPSA) is 56.7 Å². The molecule has 0 aliphatic carbocycles. The summed E-state index contributed by atoms with van der Waals surface area (Å²) in [6, 6.07) is 3.91. The van der Waals surface area contributed by atoms with Crippen LogP contribution >= 0.6 is 0 Å². The summed E-state index contributed by atoms with van der Waals surface area (Å²) >= 11 is 0. The minimum atomic E-state index is 0.549. The van der Waals surface area contributed by atoms with Crippen LogP contribution in [0.5, 0.6) is 0 Å². The average Bonchev–Trinajstić information content (AvgIpc) is 2.47. The van der Waals surface area contributed by atoms with Crippen LogP contribution < -0.4 is 5.73 Å². The molecule has 0 radical (unpaired) electrons. The number of anilines is 1. The Kier molecular flexibility index (Phi) is 1.96. The van der Waals surface area contributed by atoms with E-state index in [1.165, 1.54) is 0 Å². The summed E-state index contributed by atoms with van der Waals surface area (Å²) in [6.45, 7) is 3.94. The van der Waals surface area contributed by atoms with Gasteiger partial charge in [-0.2, -0.15) is 0 Å². The molecule has 2 aromatic heterocycles. The molecule has 0 amide bonds. The maximum atomic E-state index is 5.66. The van der Waals surface area contributed by atoms with E-state index in [0.717, 1.165) is 16.9 Å². The highest BCUT2D eigenvalue weighted by Gasteiger charge is 2.03. The van der Waals surface area contributed by atoms with E-state index in [1.54, 1.807) is 10.9 Å². The van der Waals surface area contributed by atoms with E-state index in [-0.39, 0.29) is 0 Å². The smallest absolute Gasteiger partial charge is 0.153 e. The maximum absolute atomic E-state index is 5.66. The van der Waals surface area contributed by atoms with E-state index in [1.807, 2.05) is 32.2 Å². The second-order valence-corrected chi connectivity index (χ2v) is 3.33. The third-order valence-electron chi connectivity index (χ3n) is 2.07. The third-order valence-corrected chi connectivity index (χ3v) is 2.07. The standard InChI is InChI=1S/C10H12N4/c1-7-3-4-12-9(5-7)14-6-8(2)10(11)13-14/h3-6H,1-2H3,(H2,11,13). The number of nitrogens with two attached hydrogens (primary N) is 1. The highest BCUT2D eigenvalue weighted by atomic mass is 15.3. The van der Waals surface area contributed by atoms with Crippen molar-refractivity contribution in [3.05, 3.63) is 35.7 Å². The molecule has 0 atom stereocenters. The molecule has 0 aliphatic heterocycles. The first-order chi connectivity index (χ1) is 6.66. The third kappa shape index (κ3) is 1.46. The molecule has 0 unspecified atom stereocenters. The Balaban J connectivity index is 2.49. The fraction of sp³-hybridized carbons (Fsp3) is 0.200. The highest BCUT2D eigenvalue weighted by Crippen LogP contribution is 2.11. The van der Waals surface area contributed by atoms with Crippen LogP contribution in [0.1, 0.15) is 11.1 Å². The van der Waals surface area contributed by atoms with Gasteiger partial charge in [0.25, 0.3) is 0 Å². The van der Waals surface area contributed by atoms with Crippen molar-refractivity contribution in [1.82, 2.24) is 14.8 Å². The van der Waals surface area contributed by atoms with Crippen molar-refractivity contribution in [3.63, 3.8) is 0 Å². The summed E-state index contributed by atoms with van der Waals surface area (Å²) in [6.07, 6.45) is 3.63. The van der Waals surface area contributed by atoms with Gasteiger partial charge in [-0.3, -0.25) is 0 Å². The number of hydrogen-bond donors (Lipinski definition) is 1. The molecule has 0 aliphatic rings. The summed E-state index contributed by atoms with van der Waals surface area (Å²) < 4.78 is 1.69. The van der Waals surface area contributed by atoms with Gasteiger partial charge in [-0.1, -0.05) is 0 Å². The van der Waals surface area contributed by atoms with E-state index in [0.29, 0.717) is 5.82 Å². The predicted molar refractivity (Wildman–Crippen MR) is 55.2 cm³/mol.